The maximum atomic E-state index is 5.98. The molecule has 3 heteroatoms. The van der Waals surface area contributed by atoms with Crippen molar-refractivity contribution in [3.8, 4) is 0 Å². The Kier molecular flexibility index (Phi) is 3.48. The quantitative estimate of drug-likeness (QED) is 0.434. The van der Waals surface area contributed by atoms with Crippen LogP contribution in [0.25, 0.3) is 0 Å². The molecule has 0 aromatic heterocycles. The molecule has 0 aliphatic heterocycles. The molecule has 0 spiro atoms. The summed E-state index contributed by atoms with van der Waals surface area (Å²) in [6, 6.07) is 9.92. The lowest BCUT2D eigenvalue weighted by Crippen LogP contribution is -2.13. The Morgan fingerprint density at radius 3 is 2.44 bits per heavy atom. The molecule has 1 aliphatic rings. The van der Waals surface area contributed by atoms with E-state index in [2.05, 4.69) is 0 Å². The largest absolute Gasteiger partial charge is 0.140 e. The standard InChI is InChI=1S/C13H10Cl2S/c14-13(15)8-6-11(7-9-13)12(16)10-4-2-1-3-5-10/h1-8H,9H2. The highest BCUT2D eigenvalue weighted by Gasteiger charge is 2.22. The van der Waals surface area contributed by atoms with Crippen molar-refractivity contribution in [3.63, 3.8) is 0 Å². The van der Waals surface area contributed by atoms with Gasteiger partial charge in [-0.15, -0.1) is 0 Å². The highest BCUT2D eigenvalue weighted by atomic mass is 35.5. The third kappa shape index (κ3) is 2.73. The minimum absolute atomic E-state index is 0.592. The lowest BCUT2D eigenvalue weighted by atomic mass is 9.99. The smallest absolute Gasteiger partial charge is 0.0966 e. The number of allylic oxidation sites excluding steroid dienone is 4. The third-order valence-corrected chi connectivity index (χ3v) is 3.43. The van der Waals surface area contributed by atoms with Gasteiger partial charge in [0.05, 0.1) is 4.86 Å². The van der Waals surface area contributed by atoms with Gasteiger partial charge in [-0.3, -0.25) is 0 Å². The lowest BCUT2D eigenvalue weighted by Gasteiger charge is -2.18. The molecule has 0 saturated heterocycles. The molecule has 0 saturated carbocycles. The van der Waals surface area contributed by atoms with E-state index >= 15 is 0 Å². The molecule has 82 valence electrons. The van der Waals surface area contributed by atoms with Gasteiger partial charge in [-0.1, -0.05) is 77.9 Å². The van der Waals surface area contributed by atoms with E-state index in [1.54, 1.807) is 6.08 Å². The van der Waals surface area contributed by atoms with Crippen LogP contribution in [-0.2, 0) is 0 Å². The highest BCUT2D eigenvalue weighted by molar-refractivity contribution is 7.81. The fourth-order valence-electron chi connectivity index (χ4n) is 1.52. The zero-order valence-electron chi connectivity index (χ0n) is 8.49. The van der Waals surface area contributed by atoms with Crippen molar-refractivity contribution in [3.05, 3.63) is 59.7 Å². The second-order valence-corrected chi connectivity index (χ2v) is 5.60. The van der Waals surface area contributed by atoms with Crippen LogP contribution >= 0.6 is 35.4 Å². The molecule has 1 aromatic carbocycles. The second kappa shape index (κ2) is 4.70. The average Bonchev–Trinajstić information content (AvgIpc) is 2.29. The van der Waals surface area contributed by atoms with Gasteiger partial charge in [-0.05, 0) is 17.2 Å². The predicted octanol–water partition coefficient (Wildman–Crippen LogP) is 4.46. The molecule has 0 nitrogen and oxygen atoms in total. The van der Waals surface area contributed by atoms with Gasteiger partial charge < -0.3 is 0 Å². The number of hydrogen-bond donors (Lipinski definition) is 0. The Morgan fingerprint density at radius 1 is 1.19 bits per heavy atom. The van der Waals surface area contributed by atoms with Crippen molar-refractivity contribution in [1.29, 1.82) is 0 Å². The van der Waals surface area contributed by atoms with Crippen molar-refractivity contribution >= 4 is 40.3 Å². The Hall–Kier alpha value is -0.630. The molecule has 1 aromatic rings. The van der Waals surface area contributed by atoms with Gasteiger partial charge in [0.25, 0.3) is 0 Å². The van der Waals surface area contributed by atoms with Crippen LogP contribution < -0.4 is 0 Å². The fourth-order valence-corrected chi connectivity index (χ4v) is 2.09. The highest BCUT2D eigenvalue weighted by Crippen LogP contribution is 2.32. The Morgan fingerprint density at radius 2 is 1.88 bits per heavy atom. The summed E-state index contributed by atoms with van der Waals surface area (Å²) in [6.45, 7) is 0. The van der Waals surface area contributed by atoms with Gasteiger partial charge in [0, 0.05) is 6.42 Å². The first-order valence-corrected chi connectivity index (χ1v) is 6.12. The molecular formula is C13H10Cl2S. The van der Waals surface area contributed by atoms with E-state index in [1.807, 2.05) is 42.5 Å². The Labute approximate surface area is 111 Å². The van der Waals surface area contributed by atoms with Crippen molar-refractivity contribution < 1.29 is 0 Å². The molecule has 0 heterocycles. The van der Waals surface area contributed by atoms with Crippen LogP contribution in [0.3, 0.4) is 0 Å². The summed E-state index contributed by atoms with van der Waals surface area (Å²) in [4.78, 5) is 0.834. The number of alkyl halides is 2. The van der Waals surface area contributed by atoms with E-state index in [0.29, 0.717) is 6.42 Å². The summed E-state index contributed by atoms with van der Waals surface area (Å²) < 4.78 is -0.782. The number of hydrogen-bond acceptors (Lipinski definition) is 1. The first-order valence-electron chi connectivity index (χ1n) is 4.95. The molecule has 2 rings (SSSR count). The molecule has 16 heavy (non-hydrogen) atoms. The van der Waals surface area contributed by atoms with Crippen molar-refractivity contribution in [2.24, 2.45) is 0 Å². The molecule has 0 bridgehead atoms. The van der Waals surface area contributed by atoms with E-state index in [9.17, 15) is 0 Å². The van der Waals surface area contributed by atoms with Gasteiger partial charge in [0.15, 0.2) is 0 Å². The van der Waals surface area contributed by atoms with Crippen LogP contribution in [0, 0.1) is 0 Å². The maximum absolute atomic E-state index is 5.98. The Balaban J connectivity index is 2.20. The monoisotopic (exact) mass is 268 g/mol. The summed E-state index contributed by atoms with van der Waals surface area (Å²) in [5, 5.41) is 0. The summed E-state index contributed by atoms with van der Waals surface area (Å²) in [7, 11) is 0. The molecule has 0 amide bonds. The first kappa shape index (κ1) is 11.8. The van der Waals surface area contributed by atoms with E-state index in [4.69, 9.17) is 35.4 Å². The fraction of sp³-hybridized carbons (Fsp3) is 0.154. The van der Waals surface area contributed by atoms with E-state index < -0.39 is 4.33 Å². The summed E-state index contributed by atoms with van der Waals surface area (Å²) in [5.74, 6) is 0. The Bertz CT molecular complexity index is 458. The zero-order chi connectivity index (χ0) is 11.6. The molecule has 0 atom stereocenters. The number of benzene rings is 1. The van der Waals surface area contributed by atoms with Gasteiger partial charge in [-0.25, -0.2) is 0 Å². The molecule has 0 fully saturated rings. The van der Waals surface area contributed by atoms with Crippen molar-refractivity contribution in [2.75, 3.05) is 0 Å². The summed E-state index contributed by atoms with van der Waals surface area (Å²) >= 11 is 17.4. The maximum Gasteiger partial charge on any atom is 0.140 e. The van der Waals surface area contributed by atoms with Gasteiger partial charge in [0.1, 0.15) is 4.33 Å². The van der Waals surface area contributed by atoms with E-state index in [1.165, 1.54) is 0 Å². The predicted molar refractivity (Wildman–Crippen MR) is 74.4 cm³/mol. The van der Waals surface area contributed by atoms with Crippen LogP contribution in [0.5, 0.6) is 0 Å². The van der Waals surface area contributed by atoms with Crippen LogP contribution in [0.15, 0.2) is 54.1 Å². The first-order chi connectivity index (χ1) is 7.58. The van der Waals surface area contributed by atoms with Gasteiger partial charge in [-0.2, -0.15) is 0 Å². The van der Waals surface area contributed by atoms with Crippen LogP contribution in [0.1, 0.15) is 12.0 Å². The van der Waals surface area contributed by atoms with Crippen molar-refractivity contribution in [2.45, 2.75) is 10.8 Å². The number of halogens is 2. The SMILES string of the molecule is S=C(C1=CCC(Cl)(Cl)C=C1)c1ccccc1. The lowest BCUT2D eigenvalue weighted by molar-refractivity contribution is 0.956. The van der Waals surface area contributed by atoms with E-state index in [0.717, 1.165) is 16.0 Å². The molecule has 0 N–H and O–H groups in total. The van der Waals surface area contributed by atoms with E-state index in [-0.39, 0.29) is 0 Å². The second-order valence-electron chi connectivity index (χ2n) is 3.65. The van der Waals surface area contributed by atoms with Crippen LogP contribution in [0.2, 0.25) is 0 Å². The van der Waals surface area contributed by atoms with Crippen LogP contribution in [0.4, 0.5) is 0 Å². The number of rotatable bonds is 2. The molecule has 0 unspecified atom stereocenters. The van der Waals surface area contributed by atoms with Crippen molar-refractivity contribution in [1.82, 2.24) is 0 Å². The minimum Gasteiger partial charge on any atom is -0.0966 e. The summed E-state index contributed by atoms with van der Waals surface area (Å²) in [6.07, 6.45) is 6.24. The molecule has 1 aliphatic carbocycles. The third-order valence-electron chi connectivity index (χ3n) is 2.40. The topological polar surface area (TPSA) is 0 Å². The number of thiocarbonyl (C=S) groups is 1. The van der Waals surface area contributed by atoms with Gasteiger partial charge >= 0.3 is 0 Å². The average molecular weight is 269 g/mol. The van der Waals surface area contributed by atoms with Crippen LogP contribution in [-0.4, -0.2) is 9.20 Å². The molecule has 0 radical (unpaired) electrons. The normalized spacial score (nSPS) is 18.0. The minimum atomic E-state index is -0.782. The van der Waals surface area contributed by atoms with Gasteiger partial charge in [0.2, 0.25) is 0 Å². The zero-order valence-corrected chi connectivity index (χ0v) is 10.8. The summed E-state index contributed by atoms with van der Waals surface area (Å²) in [5.41, 5.74) is 2.06. The molecular weight excluding hydrogens is 259 g/mol.